The minimum Gasteiger partial charge on any atom is -0.481 e. The number of carboxylic acids is 1. The molecule has 1 atom stereocenters. The van der Waals surface area contributed by atoms with Crippen LogP contribution < -0.4 is 10.9 Å². The molecule has 1 aromatic heterocycles. The van der Waals surface area contributed by atoms with E-state index in [-0.39, 0.29) is 22.5 Å². The van der Waals surface area contributed by atoms with Crippen molar-refractivity contribution >= 4 is 22.6 Å². The van der Waals surface area contributed by atoms with Crippen molar-refractivity contribution in [3.63, 3.8) is 0 Å². The third-order valence-electron chi connectivity index (χ3n) is 5.49. The molecule has 4 rings (SSSR count). The zero-order valence-electron chi connectivity index (χ0n) is 18.1. The molecule has 0 spiro atoms. The Hall–Kier alpha value is -4.33. The number of fused-ring (bicyclic) bond motifs is 1. The molecule has 34 heavy (non-hydrogen) atoms. The average Bonchev–Trinajstić information content (AvgIpc) is 2.80. The van der Waals surface area contributed by atoms with E-state index in [1.54, 1.807) is 19.1 Å². The van der Waals surface area contributed by atoms with Crippen LogP contribution in [0.15, 0.2) is 77.6 Å². The third kappa shape index (κ3) is 4.71. The molecule has 0 aliphatic heterocycles. The van der Waals surface area contributed by atoms with Crippen LogP contribution in [0.1, 0.15) is 34.6 Å². The number of carbonyl (C=O) groups excluding carboxylic acids is 1. The van der Waals surface area contributed by atoms with E-state index < -0.39 is 35.7 Å². The number of nitrogens with one attached hydrogen (secondary N) is 1. The SMILES string of the molecule is C[C@@H](NC(=O)c1ccc2c(=O)n(-c3ccc(F)cc3)c(CC(=O)O)cc2c1)c1ccc(F)cc1. The van der Waals surface area contributed by atoms with Gasteiger partial charge in [0.2, 0.25) is 0 Å². The summed E-state index contributed by atoms with van der Waals surface area (Å²) in [6.45, 7) is 1.76. The first-order valence-corrected chi connectivity index (χ1v) is 10.5. The molecule has 0 saturated heterocycles. The van der Waals surface area contributed by atoms with E-state index in [4.69, 9.17) is 0 Å². The minimum absolute atomic E-state index is 0.189. The molecule has 8 heteroatoms. The summed E-state index contributed by atoms with van der Waals surface area (Å²) in [5.74, 6) is -2.40. The van der Waals surface area contributed by atoms with E-state index in [1.165, 1.54) is 65.2 Å². The first-order chi connectivity index (χ1) is 16.2. The Labute approximate surface area is 193 Å². The van der Waals surface area contributed by atoms with E-state index in [2.05, 4.69) is 5.32 Å². The standard InChI is InChI=1S/C26H20F2N2O4/c1-15(16-2-5-19(27)6-3-16)29-25(33)17-4-11-23-18(12-17)13-22(14-24(31)32)30(26(23)34)21-9-7-20(28)8-10-21/h2-13,15H,14H2,1H3,(H,29,33)(H,31,32)/t15-/m1/s1. The second kappa shape index (κ2) is 9.27. The molecule has 0 aliphatic carbocycles. The highest BCUT2D eigenvalue weighted by atomic mass is 19.1. The number of aromatic nitrogens is 1. The quantitative estimate of drug-likeness (QED) is 0.445. The van der Waals surface area contributed by atoms with Crippen molar-refractivity contribution in [1.82, 2.24) is 9.88 Å². The summed E-state index contributed by atoms with van der Waals surface area (Å²) in [6.07, 6.45) is -0.444. The Morgan fingerprint density at radius 2 is 1.56 bits per heavy atom. The summed E-state index contributed by atoms with van der Waals surface area (Å²) in [6, 6.07) is 16.6. The van der Waals surface area contributed by atoms with Gasteiger partial charge in [-0.2, -0.15) is 0 Å². The van der Waals surface area contributed by atoms with Crippen molar-refractivity contribution in [1.29, 1.82) is 0 Å². The van der Waals surface area contributed by atoms with Gasteiger partial charge in [-0.15, -0.1) is 0 Å². The molecule has 2 N–H and O–H groups in total. The van der Waals surface area contributed by atoms with Crippen LogP contribution >= 0.6 is 0 Å². The first-order valence-electron chi connectivity index (χ1n) is 10.5. The number of amides is 1. The van der Waals surface area contributed by atoms with Crippen molar-refractivity contribution < 1.29 is 23.5 Å². The minimum atomic E-state index is -1.14. The molecule has 4 aromatic rings. The topological polar surface area (TPSA) is 88.4 Å². The van der Waals surface area contributed by atoms with E-state index in [0.717, 1.165) is 5.56 Å². The lowest BCUT2D eigenvalue weighted by atomic mass is 10.0. The van der Waals surface area contributed by atoms with Crippen LogP contribution in [0.5, 0.6) is 0 Å². The highest BCUT2D eigenvalue weighted by Gasteiger charge is 2.17. The van der Waals surface area contributed by atoms with Crippen molar-refractivity contribution in [2.24, 2.45) is 0 Å². The van der Waals surface area contributed by atoms with Crippen LogP contribution in [0.2, 0.25) is 0 Å². The van der Waals surface area contributed by atoms with Gasteiger partial charge in [-0.3, -0.25) is 19.0 Å². The van der Waals surface area contributed by atoms with E-state index in [0.29, 0.717) is 11.1 Å². The third-order valence-corrected chi connectivity index (χ3v) is 5.49. The number of pyridine rings is 1. The number of rotatable bonds is 6. The second-order valence-electron chi connectivity index (χ2n) is 7.87. The summed E-state index contributed by atoms with van der Waals surface area (Å²) in [5, 5.41) is 12.9. The largest absolute Gasteiger partial charge is 0.481 e. The maximum absolute atomic E-state index is 13.4. The van der Waals surface area contributed by atoms with Gasteiger partial charge in [0, 0.05) is 22.3 Å². The van der Waals surface area contributed by atoms with Gasteiger partial charge >= 0.3 is 5.97 Å². The van der Waals surface area contributed by atoms with Crippen molar-refractivity contribution in [3.8, 4) is 5.69 Å². The Kier molecular flexibility index (Phi) is 6.23. The summed E-state index contributed by atoms with van der Waals surface area (Å²) in [5.41, 5.74) is 1.04. The molecule has 0 unspecified atom stereocenters. The van der Waals surface area contributed by atoms with Gasteiger partial charge in [0.25, 0.3) is 11.5 Å². The lowest BCUT2D eigenvalue weighted by molar-refractivity contribution is -0.136. The highest BCUT2D eigenvalue weighted by Crippen LogP contribution is 2.20. The van der Waals surface area contributed by atoms with E-state index in [9.17, 15) is 28.3 Å². The number of nitrogens with zero attached hydrogens (tertiary/aromatic N) is 1. The number of benzene rings is 3. The lowest BCUT2D eigenvalue weighted by Crippen LogP contribution is -2.27. The predicted octanol–water partition coefficient (Wildman–Crippen LogP) is 4.39. The summed E-state index contributed by atoms with van der Waals surface area (Å²) >= 11 is 0. The van der Waals surface area contributed by atoms with Gasteiger partial charge in [-0.25, -0.2) is 8.78 Å². The number of hydrogen-bond acceptors (Lipinski definition) is 3. The van der Waals surface area contributed by atoms with Crippen LogP contribution in [0.25, 0.3) is 16.5 Å². The van der Waals surface area contributed by atoms with Gasteiger partial charge in [-0.05, 0) is 78.5 Å². The second-order valence-corrected chi connectivity index (χ2v) is 7.87. The van der Waals surface area contributed by atoms with E-state index in [1.807, 2.05) is 0 Å². The van der Waals surface area contributed by atoms with Crippen LogP contribution in [0, 0.1) is 11.6 Å². The fraction of sp³-hybridized carbons (Fsp3) is 0.115. The van der Waals surface area contributed by atoms with Gasteiger partial charge < -0.3 is 10.4 Å². The summed E-state index contributed by atoms with van der Waals surface area (Å²) in [7, 11) is 0. The van der Waals surface area contributed by atoms with Crippen LogP contribution in [-0.4, -0.2) is 21.6 Å². The fourth-order valence-electron chi connectivity index (χ4n) is 3.79. The molecule has 6 nitrogen and oxygen atoms in total. The van der Waals surface area contributed by atoms with Gasteiger partial charge in [0.1, 0.15) is 11.6 Å². The highest BCUT2D eigenvalue weighted by molar-refractivity contribution is 5.98. The molecule has 1 amide bonds. The maximum Gasteiger partial charge on any atom is 0.309 e. The fourth-order valence-corrected chi connectivity index (χ4v) is 3.79. The summed E-state index contributed by atoms with van der Waals surface area (Å²) < 4.78 is 27.8. The normalized spacial score (nSPS) is 11.9. The Morgan fingerprint density at radius 1 is 0.941 bits per heavy atom. The van der Waals surface area contributed by atoms with Gasteiger partial charge in [0.15, 0.2) is 0 Å². The monoisotopic (exact) mass is 462 g/mol. The van der Waals surface area contributed by atoms with Crippen LogP contribution in [0.3, 0.4) is 0 Å². The molecule has 0 aliphatic rings. The molecule has 0 bridgehead atoms. The molecule has 0 fully saturated rings. The van der Waals surface area contributed by atoms with Crippen LogP contribution in [-0.2, 0) is 11.2 Å². The molecule has 3 aromatic carbocycles. The van der Waals surface area contributed by atoms with Crippen molar-refractivity contribution in [3.05, 3.63) is 112 Å². The summed E-state index contributed by atoms with van der Waals surface area (Å²) in [4.78, 5) is 37.5. The zero-order chi connectivity index (χ0) is 24.4. The van der Waals surface area contributed by atoms with Crippen molar-refractivity contribution in [2.75, 3.05) is 0 Å². The van der Waals surface area contributed by atoms with Gasteiger partial charge in [-0.1, -0.05) is 12.1 Å². The molecule has 1 heterocycles. The van der Waals surface area contributed by atoms with E-state index >= 15 is 0 Å². The molecule has 172 valence electrons. The van der Waals surface area contributed by atoms with Gasteiger partial charge in [0.05, 0.1) is 12.5 Å². The number of carboxylic acid groups (broad SMARTS) is 1. The Bertz CT molecular complexity index is 1450. The molecule has 0 radical (unpaired) electrons. The maximum atomic E-state index is 13.4. The number of aliphatic carboxylic acids is 1. The van der Waals surface area contributed by atoms with Crippen LogP contribution in [0.4, 0.5) is 8.78 Å². The Morgan fingerprint density at radius 3 is 2.18 bits per heavy atom. The Balaban J connectivity index is 1.73. The number of halogens is 2. The van der Waals surface area contributed by atoms with Crippen molar-refractivity contribution in [2.45, 2.75) is 19.4 Å². The molecular weight excluding hydrogens is 442 g/mol. The first kappa shape index (κ1) is 22.8. The molecule has 0 saturated carbocycles. The smallest absolute Gasteiger partial charge is 0.309 e. The predicted molar refractivity (Wildman–Crippen MR) is 123 cm³/mol. The average molecular weight is 462 g/mol. The zero-order valence-corrected chi connectivity index (χ0v) is 18.1. The molecular formula is C26H20F2N2O4. The lowest BCUT2D eigenvalue weighted by Gasteiger charge is -2.16. The number of hydrogen-bond donors (Lipinski definition) is 2. The number of carbonyl (C=O) groups is 2.